The molecule has 0 atom stereocenters. The standard InChI is InChI=1S/C14H15N3O2/c15-12-7-4-8-16-13(12)14(18)17-9-10-19-11-5-2-1-3-6-11/h1-8H,9-10,15H2,(H,17,18). The van der Waals surface area contributed by atoms with Crippen molar-refractivity contribution < 1.29 is 9.53 Å². The van der Waals surface area contributed by atoms with Crippen LogP contribution >= 0.6 is 0 Å². The summed E-state index contributed by atoms with van der Waals surface area (Å²) in [7, 11) is 0. The number of carbonyl (C=O) groups is 1. The fourth-order valence-electron chi connectivity index (χ4n) is 1.54. The Kier molecular flexibility index (Phi) is 4.34. The fourth-order valence-corrected chi connectivity index (χ4v) is 1.54. The number of rotatable bonds is 5. The molecule has 0 spiro atoms. The van der Waals surface area contributed by atoms with E-state index in [9.17, 15) is 4.79 Å². The van der Waals surface area contributed by atoms with E-state index in [4.69, 9.17) is 10.5 Å². The van der Waals surface area contributed by atoms with E-state index in [0.717, 1.165) is 5.75 Å². The van der Waals surface area contributed by atoms with Gasteiger partial charge in [-0.1, -0.05) is 18.2 Å². The van der Waals surface area contributed by atoms with Crippen LogP contribution in [-0.2, 0) is 0 Å². The Morgan fingerprint density at radius 2 is 2.00 bits per heavy atom. The van der Waals surface area contributed by atoms with Gasteiger partial charge in [-0.15, -0.1) is 0 Å². The second-order valence-electron chi connectivity index (χ2n) is 3.86. The van der Waals surface area contributed by atoms with Gasteiger partial charge < -0.3 is 15.8 Å². The highest BCUT2D eigenvalue weighted by Gasteiger charge is 2.09. The molecule has 0 unspecified atom stereocenters. The molecule has 5 heteroatoms. The number of amides is 1. The van der Waals surface area contributed by atoms with Gasteiger partial charge in [0, 0.05) is 6.20 Å². The summed E-state index contributed by atoms with van der Waals surface area (Å²) in [6.07, 6.45) is 1.53. The van der Waals surface area contributed by atoms with Gasteiger partial charge in [0.2, 0.25) is 0 Å². The number of hydrogen-bond acceptors (Lipinski definition) is 4. The molecule has 0 saturated carbocycles. The maximum atomic E-state index is 11.8. The normalized spacial score (nSPS) is 9.89. The molecule has 0 saturated heterocycles. The molecule has 5 nitrogen and oxygen atoms in total. The zero-order chi connectivity index (χ0) is 13.5. The summed E-state index contributed by atoms with van der Waals surface area (Å²) in [4.78, 5) is 15.7. The van der Waals surface area contributed by atoms with Crippen molar-refractivity contribution in [1.82, 2.24) is 10.3 Å². The molecule has 0 aliphatic heterocycles. The molecule has 0 bridgehead atoms. The molecule has 1 aromatic heterocycles. The van der Waals surface area contributed by atoms with Crippen LogP contribution in [0.3, 0.4) is 0 Å². The molecular formula is C14H15N3O2. The first-order chi connectivity index (χ1) is 9.27. The summed E-state index contributed by atoms with van der Waals surface area (Å²) in [6.45, 7) is 0.784. The van der Waals surface area contributed by atoms with Gasteiger partial charge in [-0.05, 0) is 24.3 Å². The number of anilines is 1. The molecule has 0 aliphatic rings. The fraction of sp³-hybridized carbons (Fsp3) is 0.143. The lowest BCUT2D eigenvalue weighted by atomic mass is 10.3. The Bertz CT molecular complexity index is 543. The third-order valence-corrected chi connectivity index (χ3v) is 2.45. The number of pyridine rings is 1. The number of ether oxygens (including phenoxy) is 1. The molecule has 0 radical (unpaired) electrons. The Hall–Kier alpha value is -2.56. The first-order valence-corrected chi connectivity index (χ1v) is 5.94. The van der Waals surface area contributed by atoms with E-state index >= 15 is 0 Å². The molecule has 0 fully saturated rings. The van der Waals surface area contributed by atoms with E-state index in [1.165, 1.54) is 6.20 Å². The summed E-state index contributed by atoms with van der Waals surface area (Å²) >= 11 is 0. The number of nitrogens with two attached hydrogens (primary N) is 1. The third kappa shape index (κ3) is 3.70. The van der Waals surface area contributed by atoms with Crippen molar-refractivity contribution in [1.29, 1.82) is 0 Å². The van der Waals surface area contributed by atoms with Gasteiger partial charge in [-0.25, -0.2) is 4.98 Å². The number of benzene rings is 1. The van der Waals surface area contributed by atoms with Crippen LogP contribution < -0.4 is 15.8 Å². The highest BCUT2D eigenvalue weighted by Crippen LogP contribution is 2.08. The van der Waals surface area contributed by atoms with E-state index in [-0.39, 0.29) is 11.6 Å². The molecule has 1 amide bonds. The largest absolute Gasteiger partial charge is 0.492 e. The van der Waals surface area contributed by atoms with Gasteiger partial charge in [0.05, 0.1) is 12.2 Å². The van der Waals surface area contributed by atoms with Crippen LogP contribution in [0.25, 0.3) is 0 Å². The lowest BCUT2D eigenvalue weighted by molar-refractivity contribution is 0.0943. The molecule has 1 aromatic carbocycles. The van der Waals surface area contributed by atoms with Crippen LogP contribution in [0.2, 0.25) is 0 Å². The highest BCUT2D eigenvalue weighted by molar-refractivity contribution is 5.96. The topological polar surface area (TPSA) is 77.2 Å². The molecule has 98 valence electrons. The minimum atomic E-state index is -0.297. The Labute approximate surface area is 111 Å². The second-order valence-corrected chi connectivity index (χ2v) is 3.86. The number of carbonyl (C=O) groups excluding carboxylic acids is 1. The number of nitrogen functional groups attached to an aromatic ring is 1. The minimum absolute atomic E-state index is 0.238. The van der Waals surface area contributed by atoms with Crippen molar-refractivity contribution in [3.8, 4) is 5.75 Å². The third-order valence-electron chi connectivity index (χ3n) is 2.45. The monoisotopic (exact) mass is 257 g/mol. The Morgan fingerprint density at radius 3 is 2.74 bits per heavy atom. The highest BCUT2D eigenvalue weighted by atomic mass is 16.5. The van der Waals surface area contributed by atoms with Crippen LogP contribution in [0.4, 0.5) is 5.69 Å². The smallest absolute Gasteiger partial charge is 0.272 e. The molecule has 1 heterocycles. The number of hydrogen-bond donors (Lipinski definition) is 2. The van der Waals surface area contributed by atoms with E-state index in [1.54, 1.807) is 12.1 Å². The van der Waals surface area contributed by atoms with E-state index in [0.29, 0.717) is 18.8 Å². The predicted octanol–water partition coefficient (Wildman–Crippen LogP) is 1.47. The number of nitrogens with one attached hydrogen (secondary N) is 1. The van der Waals surface area contributed by atoms with Crippen molar-refractivity contribution in [2.24, 2.45) is 0 Å². The van der Waals surface area contributed by atoms with E-state index in [2.05, 4.69) is 10.3 Å². The zero-order valence-electron chi connectivity index (χ0n) is 10.4. The number of aromatic nitrogens is 1. The van der Waals surface area contributed by atoms with Crippen LogP contribution in [0.5, 0.6) is 5.75 Å². The van der Waals surface area contributed by atoms with Crippen LogP contribution in [0.15, 0.2) is 48.7 Å². The summed E-state index contributed by atoms with van der Waals surface area (Å²) < 4.78 is 5.46. The van der Waals surface area contributed by atoms with Crippen molar-refractivity contribution in [2.75, 3.05) is 18.9 Å². The molecular weight excluding hydrogens is 242 g/mol. The second kappa shape index (κ2) is 6.39. The van der Waals surface area contributed by atoms with Crippen molar-refractivity contribution in [2.45, 2.75) is 0 Å². The van der Waals surface area contributed by atoms with Gasteiger partial charge >= 0.3 is 0 Å². The van der Waals surface area contributed by atoms with Crippen molar-refractivity contribution in [3.05, 3.63) is 54.4 Å². The summed E-state index contributed by atoms with van der Waals surface area (Å²) in [6, 6.07) is 12.7. The zero-order valence-corrected chi connectivity index (χ0v) is 10.4. The van der Waals surface area contributed by atoms with Gasteiger partial charge in [-0.3, -0.25) is 4.79 Å². The van der Waals surface area contributed by atoms with Crippen LogP contribution in [0, 0.1) is 0 Å². The number of para-hydroxylation sites is 1. The predicted molar refractivity (Wildman–Crippen MR) is 72.9 cm³/mol. The Balaban J connectivity index is 1.77. The molecule has 3 N–H and O–H groups in total. The summed E-state index contributed by atoms with van der Waals surface area (Å²) in [5, 5.41) is 2.70. The van der Waals surface area contributed by atoms with Gasteiger partial charge in [-0.2, -0.15) is 0 Å². The maximum absolute atomic E-state index is 11.8. The maximum Gasteiger partial charge on any atom is 0.272 e. The van der Waals surface area contributed by atoms with Crippen LogP contribution in [0.1, 0.15) is 10.5 Å². The summed E-state index contributed by atoms with van der Waals surface area (Å²) in [5.41, 5.74) is 6.27. The minimum Gasteiger partial charge on any atom is -0.492 e. The molecule has 2 aromatic rings. The van der Waals surface area contributed by atoms with Gasteiger partial charge in [0.1, 0.15) is 12.4 Å². The first-order valence-electron chi connectivity index (χ1n) is 5.94. The average molecular weight is 257 g/mol. The van der Waals surface area contributed by atoms with Crippen LogP contribution in [-0.4, -0.2) is 24.0 Å². The summed E-state index contributed by atoms with van der Waals surface area (Å²) in [5.74, 6) is 0.476. The lowest BCUT2D eigenvalue weighted by Crippen LogP contribution is -2.29. The molecule has 2 rings (SSSR count). The average Bonchev–Trinajstić information content (AvgIpc) is 2.45. The van der Waals surface area contributed by atoms with Gasteiger partial charge in [0.15, 0.2) is 5.69 Å². The lowest BCUT2D eigenvalue weighted by Gasteiger charge is -2.08. The Morgan fingerprint density at radius 1 is 1.21 bits per heavy atom. The molecule has 19 heavy (non-hydrogen) atoms. The SMILES string of the molecule is Nc1cccnc1C(=O)NCCOc1ccccc1. The number of nitrogens with zero attached hydrogens (tertiary/aromatic N) is 1. The van der Waals surface area contributed by atoms with E-state index < -0.39 is 0 Å². The van der Waals surface area contributed by atoms with Crippen molar-refractivity contribution in [3.63, 3.8) is 0 Å². The quantitative estimate of drug-likeness (QED) is 0.795. The van der Waals surface area contributed by atoms with E-state index in [1.807, 2.05) is 30.3 Å². The first kappa shape index (κ1) is 12.9. The van der Waals surface area contributed by atoms with Gasteiger partial charge in [0.25, 0.3) is 5.91 Å². The molecule has 0 aliphatic carbocycles. The van der Waals surface area contributed by atoms with Crippen molar-refractivity contribution >= 4 is 11.6 Å².